The number of nitrogens with zero attached hydrogens (tertiary/aromatic N) is 3. The molecule has 0 aromatic heterocycles. The van der Waals surface area contributed by atoms with Crippen molar-refractivity contribution < 1.29 is 23.2 Å². The molecule has 1 aromatic carbocycles. The highest BCUT2D eigenvalue weighted by atomic mass is 35.5. The smallest absolute Gasteiger partial charge is 0.284 e. The molecule has 1 aromatic rings. The minimum absolute atomic E-state index is 0.0722. The van der Waals surface area contributed by atoms with Crippen molar-refractivity contribution in [1.29, 1.82) is 0 Å². The maximum absolute atomic E-state index is 13.8. The Hall–Kier alpha value is -1.23. The second-order valence-electron chi connectivity index (χ2n) is 9.77. The molecule has 2 saturated heterocycles. The monoisotopic (exact) mass is 529 g/mol. The number of hydroxylamine groups is 1. The molecule has 8 nitrogen and oxygen atoms in total. The summed E-state index contributed by atoms with van der Waals surface area (Å²) in [6.45, 7) is 4.92. The van der Waals surface area contributed by atoms with Crippen LogP contribution in [0, 0.1) is 0 Å². The van der Waals surface area contributed by atoms with Crippen LogP contribution in [0.15, 0.2) is 24.3 Å². The number of hydrogen-bond donors (Lipinski definition) is 1. The predicted molar refractivity (Wildman–Crippen MR) is 137 cm³/mol. The summed E-state index contributed by atoms with van der Waals surface area (Å²) in [5.74, 6) is -0.678. The molecular weight excluding hydrogens is 490 g/mol. The van der Waals surface area contributed by atoms with E-state index in [1.54, 1.807) is 7.11 Å². The SMILES string of the molecule is CCCCCc1ccc(C2CCN(S(=O)(=O)C3(C(=O)N(O)Cl)CCN(CCOC)CC3)CC2)cc1. The number of carbonyl (C=O) groups excluding carboxylic acids is 1. The lowest BCUT2D eigenvalue weighted by Gasteiger charge is -2.43. The van der Waals surface area contributed by atoms with E-state index in [0.29, 0.717) is 52.2 Å². The van der Waals surface area contributed by atoms with Crippen LogP contribution in [-0.4, -0.2) is 84.5 Å². The molecule has 1 N–H and O–H groups in total. The quantitative estimate of drug-likeness (QED) is 0.203. The van der Waals surface area contributed by atoms with Crippen molar-refractivity contribution in [3.63, 3.8) is 0 Å². The van der Waals surface area contributed by atoms with Gasteiger partial charge in [-0.05, 0) is 55.6 Å². The fourth-order valence-electron chi connectivity index (χ4n) is 5.32. The molecule has 2 heterocycles. The fraction of sp³-hybridized carbons (Fsp3) is 0.720. The zero-order valence-corrected chi connectivity index (χ0v) is 22.6. The summed E-state index contributed by atoms with van der Waals surface area (Å²) in [4.78, 5) is 15.0. The largest absolute Gasteiger partial charge is 0.383 e. The average Bonchev–Trinajstić information content (AvgIpc) is 2.88. The van der Waals surface area contributed by atoms with Crippen molar-refractivity contribution in [2.75, 3.05) is 46.4 Å². The summed E-state index contributed by atoms with van der Waals surface area (Å²) >= 11 is 5.59. The normalized spacial score (nSPS) is 20.1. The van der Waals surface area contributed by atoms with Gasteiger partial charge in [-0.1, -0.05) is 44.0 Å². The average molecular weight is 530 g/mol. The Morgan fingerprint density at radius 3 is 2.31 bits per heavy atom. The second kappa shape index (κ2) is 12.8. The summed E-state index contributed by atoms with van der Waals surface area (Å²) < 4.78 is 32.3. The molecule has 3 rings (SSSR count). The van der Waals surface area contributed by atoms with Crippen LogP contribution in [0.4, 0.5) is 0 Å². The highest BCUT2D eigenvalue weighted by Gasteiger charge is 2.56. The van der Waals surface area contributed by atoms with Gasteiger partial charge in [0.1, 0.15) is 0 Å². The van der Waals surface area contributed by atoms with Crippen molar-refractivity contribution >= 4 is 27.7 Å². The van der Waals surface area contributed by atoms with Gasteiger partial charge in [-0.15, -0.1) is 4.58 Å². The third-order valence-electron chi connectivity index (χ3n) is 7.64. The highest BCUT2D eigenvalue weighted by Crippen LogP contribution is 2.38. The van der Waals surface area contributed by atoms with E-state index in [0.717, 1.165) is 6.42 Å². The lowest BCUT2D eigenvalue weighted by Crippen LogP contribution is -2.61. The number of carbonyl (C=O) groups is 1. The first kappa shape index (κ1) is 28.3. The van der Waals surface area contributed by atoms with E-state index >= 15 is 0 Å². The Balaban J connectivity index is 1.67. The third-order valence-corrected chi connectivity index (χ3v) is 10.4. The van der Waals surface area contributed by atoms with Crippen molar-refractivity contribution in [1.82, 2.24) is 13.8 Å². The number of sulfonamides is 1. The van der Waals surface area contributed by atoms with Crippen LogP contribution >= 0.6 is 11.8 Å². The summed E-state index contributed by atoms with van der Waals surface area (Å²) in [7, 11) is -2.40. The van der Waals surface area contributed by atoms with Crippen molar-refractivity contribution in [2.24, 2.45) is 0 Å². The lowest BCUT2D eigenvalue weighted by molar-refractivity contribution is -0.150. The van der Waals surface area contributed by atoms with E-state index in [1.807, 2.05) is 0 Å². The molecule has 2 aliphatic heterocycles. The minimum Gasteiger partial charge on any atom is -0.383 e. The summed E-state index contributed by atoms with van der Waals surface area (Å²) in [6.07, 6.45) is 6.30. The van der Waals surface area contributed by atoms with E-state index in [4.69, 9.17) is 16.5 Å². The molecule has 10 heteroatoms. The number of amides is 1. The lowest BCUT2D eigenvalue weighted by atomic mass is 9.89. The van der Waals surface area contributed by atoms with Crippen LogP contribution in [0.3, 0.4) is 0 Å². The standard InChI is InChI=1S/C25H40ClN3O5S/c1-3-4-5-6-21-7-9-22(10-8-21)23-11-15-28(16-12-23)35(32,33)25(24(30)29(26)31)13-17-27(18-14-25)19-20-34-2/h7-10,23,31H,3-6,11-20H2,1-2H3. The van der Waals surface area contributed by atoms with Crippen molar-refractivity contribution in [3.05, 3.63) is 35.4 Å². The number of unbranched alkanes of at least 4 members (excludes halogenated alkanes) is 2. The Labute approximate surface area is 215 Å². The van der Waals surface area contributed by atoms with E-state index in [1.165, 1.54) is 34.7 Å². The Morgan fingerprint density at radius 2 is 1.77 bits per heavy atom. The summed E-state index contributed by atoms with van der Waals surface area (Å²) in [5.41, 5.74) is 2.58. The van der Waals surface area contributed by atoms with Gasteiger partial charge in [0.05, 0.1) is 6.61 Å². The molecule has 0 atom stereocenters. The number of ether oxygens (including phenoxy) is 1. The third kappa shape index (κ3) is 6.56. The van der Waals surface area contributed by atoms with Gasteiger partial charge in [-0.25, -0.2) is 12.7 Å². The number of likely N-dealkylation sites (tertiary alicyclic amines) is 1. The number of halogens is 1. The molecule has 35 heavy (non-hydrogen) atoms. The van der Waals surface area contributed by atoms with Crippen molar-refractivity contribution in [2.45, 2.75) is 69.0 Å². The maximum atomic E-state index is 13.8. The molecule has 2 fully saturated rings. The Kier molecular flexibility index (Phi) is 10.4. The zero-order chi connectivity index (χ0) is 25.5. The maximum Gasteiger partial charge on any atom is 0.284 e. The van der Waals surface area contributed by atoms with Crippen LogP contribution in [0.2, 0.25) is 0 Å². The van der Waals surface area contributed by atoms with Crippen LogP contribution in [0.1, 0.15) is 68.9 Å². The molecule has 0 aliphatic carbocycles. The van der Waals surface area contributed by atoms with E-state index in [2.05, 4.69) is 36.1 Å². The van der Waals surface area contributed by atoms with Gasteiger partial charge < -0.3 is 9.64 Å². The second-order valence-corrected chi connectivity index (χ2v) is 12.3. The highest BCUT2D eigenvalue weighted by molar-refractivity contribution is 7.91. The van der Waals surface area contributed by atoms with Gasteiger partial charge in [0.25, 0.3) is 5.91 Å². The van der Waals surface area contributed by atoms with Crippen LogP contribution in [0.25, 0.3) is 0 Å². The van der Waals surface area contributed by atoms with Crippen LogP contribution in [0.5, 0.6) is 0 Å². The number of methoxy groups -OCH3 is 1. The molecule has 0 spiro atoms. The van der Waals surface area contributed by atoms with Gasteiger partial charge >= 0.3 is 0 Å². The molecule has 0 saturated carbocycles. The molecule has 198 valence electrons. The van der Waals surface area contributed by atoms with Crippen LogP contribution < -0.4 is 0 Å². The first-order chi connectivity index (χ1) is 16.7. The molecule has 0 unspecified atom stereocenters. The van der Waals surface area contributed by atoms with Crippen molar-refractivity contribution in [3.8, 4) is 0 Å². The molecule has 0 bridgehead atoms. The van der Waals surface area contributed by atoms with Gasteiger partial charge in [0.2, 0.25) is 10.0 Å². The zero-order valence-electron chi connectivity index (χ0n) is 21.0. The fourth-order valence-corrected chi connectivity index (χ4v) is 7.72. The van der Waals surface area contributed by atoms with E-state index in [-0.39, 0.29) is 23.3 Å². The predicted octanol–water partition coefficient (Wildman–Crippen LogP) is 3.78. The van der Waals surface area contributed by atoms with E-state index in [9.17, 15) is 18.4 Å². The van der Waals surface area contributed by atoms with Gasteiger partial charge in [0.15, 0.2) is 4.75 Å². The number of aryl methyl sites for hydroxylation is 1. The number of piperidine rings is 2. The summed E-state index contributed by atoms with van der Waals surface area (Å²) in [5, 5.41) is 9.72. The van der Waals surface area contributed by atoms with Gasteiger partial charge in [-0.3, -0.25) is 10.0 Å². The Morgan fingerprint density at radius 1 is 1.14 bits per heavy atom. The summed E-state index contributed by atoms with van der Waals surface area (Å²) in [6, 6.07) is 8.73. The minimum atomic E-state index is -4.02. The molecular formula is C25H40ClN3O5S. The van der Waals surface area contributed by atoms with Crippen LogP contribution in [-0.2, 0) is 26.0 Å². The topological polar surface area (TPSA) is 90.4 Å². The number of benzene rings is 1. The molecule has 0 radical (unpaired) electrons. The number of rotatable bonds is 11. The van der Waals surface area contributed by atoms with Gasteiger partial charge in [-0.2, -0.15) is 0 Å². The van der Waals surface area contributed by atoms with E-state index < -0.39 is 20.7 Å². The van der Waals surface area contributed by atoms with Gasteiger partial charge in [0, 0.05) is 51.6 Å². The molecule has 2 aliphatic rings. The Bertz CT molecular complexity index is 910. The first-order valence-corrected chi connectivity index (χ1v) is 14.5. The first-order valence-electron chi connectivity index (χ1n) is 12.7. The number of hydrogen-bond acceptors (Lipinski definition) is 6. The molecule has 1 amide bonds.